The summed E-state index contributed by atoms with van der Waals surface area (Å²) in [5.41, 5.74) is 1.84. The molecule has 0 unspecified atom stereocenters. The molecule has 0 atom stereocenters. The van der Waals surface area contributed by atoms with E-state index in [-0.39, 0.29) is 10.0 Å². The number of thiazole rings is 1. The fourth-order valence-electron chi connectivity index (χ4n) is 2.18. The van der Waals surface area contributed by atoms with Crippen LogP contribution in [0.2, 0.25) is 0 Å². The molecule has 3 aromatic rings. The van der Waals surface area contributed by atoms with Crippen LogP contribution < -0.4 is 5.32 Å². The van der Waals surface area contributed by atoms with Crippen LogP contribution in [0.1, 0.15) is 15.9 Å². The number of aromatic nitrogens is 1. The number of sulfone groups is 1. The van der Waals surface area contributed by atoms with Gasteiger partial charge in [-0.05, 0) is 25.1 Å². The molecule has 3 rings (SSSR count). The van der Waals surface area contributed by atoms with Gasteiger partial charge in [0.2, 0.25) is 0 Å². The van der Waals surface area contributed by atoms with Crippen molar-refractivity contribution in [2.75, 3.05) is 11.6 Å². The van der Waals surface area contributed by atoms with Crippen molar-refractivity contribution in [3.05, 3.63) is 53.6 Å². The van der Waals surface area contributed by atoms with Crippen molar-refractivity contribution in [1.29, 1.82) is 0 Å². The number of rotatable bonds is 4. The largest absolute Gasteiger partial charge is 0.298 e. The number of hydrogen-bond donors (Lipinski definition) is 1. The van der Waals surface area contributed by atoms with Gasteiger partial charge < -0.3 is 0 Å². The topological polar surface area (TPSA) is 93.2 Å². The highest BCUT2D eigenvalue weighted by molar-refractivity contribution is 7.90. The maximum absolute atomic E-state index is 12.1. The molecule has 1 heterocycles. The average Bonchev–Trinajstić information content (AvgIpc) is 2.95. The summed E-state index contributed by atoms with van der Waals surface area (Å²) in [4.78, 5) is 28.6. The molecule has 0 aliphatic rings. The molecule has 0 radical (unpaired) electrons. The number of Topliss-reactive ketones (excluding diaryl/α,β-unsaturated/α-hetero) is 1. The van der Waals surface area contributed by atoms with E-state index in [2.05, 4.69) is 10.3 Å². The highest BCUT2D eigenvalue weighted by Gasteiger charge is 2.18. The molecular weight excluding hydrogens is 360 g/mol. The smallest absolute Gasteiger partial charge is 0.295 e. The minimum atomic E-state index is -3.32. The molecule has 1 amide bonds. The van der Waals surface area contributed by atoms with Crippen molar-refractivity contribution in [2.45, 2.75) is 11.8 Å². The van der Waals surface area contributed by atoms with Crippen molar-refractivity contribution in [3.8, 4) is 0 Å². The zero-order valence-electron chi connectivity index (χ0n) is 13.4. The number of carbonyl (C=O) groups is 2. The molecular formula is C17H14N2O4S2. The molecule has 0 spiro atoms. The van der Waals surface area contributed by atoms with Gasteiger partial charge in [-0.3, -0.25) is 14.9 Å². The summed E-state index contributed by atoms with van der Waals surface area (Å²) in [5, 5.41) is 2.71. The van der Waals surface area contributed by atoms with Crippen molar-refractivity contribution < 1.29 is 18.0 Å². The van der Waals surface area contributed by atoms with Gasteiger partial charge in [-0.1, -0.05) is 41.2 Å². The van der Waals surface area contributed by atoms with Crippen LogP contribution in [0.25, 0.3) is 10.2 Å². The number of benzene rings is 2. The van der Waals surface area contributed by atoms with Gasteiger partial charge in [0.15, 0.2) is 15.0 Å². The van der Waals surface area contributed by atoms with Crippen molar-refractivity contribution in [3.63, 3.8) is 0 Å². The zero-order chi connectivity index (χ0) is 18.2. The van der Waals surface area contributed by atoms with Crippen LogP contribution in [0, 0.1) is 6.92 Å². The van der Waals surface area contributed by atoms with Crippen molar-refractivity contribution >= 4 is 48.2 Å². The second-order valence-electron chi connectivity index (χ2n) is 5.57. The van der Waals surface area contributed by atoms with Gasteiger partial charge in [0.05, 0.1) is 15.1 Å². The first-order valence-corrected chi connectivity index (χ1v) is 9.98. The van der Waals surface area contributed by atoms with Gasteiger partial charge in [-0.25, -0.2) is 13.4 Å². The second-order valence-corrected chi connectivity index (χ2v) is 8.62. The highest BCUT2D eigenvalue weighted by Crippen LogP contribution is 2.28. The van der Waals surface area contributed by atoms with Crippen molar-refractivity contribution in [2.24, 2.45) is 0 Å². The van der Waals surface area contributed by atoms with E-state index in [1.54, 1.807) is 30.3 Å². The minimum absolute atomic E-state index is 0.178. The molecule has 128 valence electrons. The van der Waals surface area contributed by atoms with Gasteiger partial charge >= 0.3 is 0 Å². The van der Waals surface area contributed by atoms with Crippen LogP contribution in [0.15, 0.2) is 47.4 Å². The van der Waals surface area contributed by atoms with Crippen molar-refractivity contribution in [1.82, 2.24) is 4.98 Å². The lowest BCUT2D eigenvalue weighted by molar-refractivity contribution is -0.112. The molecule has 0 fully saturated rings. The summed E-state index contributed by atoms with van der Waals surface area (Å²) < 4.78 is 23.8. The number of anilines is 1. The molecule has 1 N–H and O–H groups in total. The molecule has 1 aromatic heterocycles. The van der Waals surface area contributed by atoms with Gasteiger partial charge in [0.1, 0.15) is 0 Å². The fraction of sp³-hybridized carbons (Fsp3) is 0.118. The maximum atomic E-state index is 12.1. The SMILES string of the molecule is Cc1ccc(C(=O)C(=O)Nc2nc3ccc(S(C)(=O)=O)cc3s2)cc1. The number of nitrogens with one attached hydrogen (secondary N) is 1. The van der Waals surface area contributed by atoms with E-state index in [9.17, 15) is 18.0 Å². The lowest BCUT2D eigenvalue weighted by Crippen LogP contribution is -2.22. The second kappa shape index (κ2) is 6.38. The number of hydrogen-bond acceptors (Lipinski definition) is 6. The van der Waals surface area contributed by atoms with E-state index >= 15 is 0 Å². The molecule has 0 bridgehead atoms. The van der Waals surface area contributed by atoms with Gasteiger partial charge in [-0.2, -0.15) is 0 Å². The summed E-state index contributed by atoms with van der Waals surface area (Å²) in [7, 11) is -3.32. The number of carbonyl (C=O) groups excluding carboxylic acids is 2. The third-order valence-electron chi connectivity index (χ3n) is 3.53. The van der Waals surface area contributed by atoms with Crippen LogP contribution in [-0.4, -0.2) is 31.3 Å². The van der Waals surface area contributed by atoms with E-state index in [1.807, 2.05) is 6.92 Å². The Morgan fingerprint density at radius 1 is 1.08 bits per heavy atom. The van der Waals surface area contributed by atoms with Crippen LogP contribution in [0.4, 0.5) is 5.13 Å². The number of nitrogens with zero attached hydrogens (tertiary/aromatic N) is 1. The van der Waals surface area contributed by atoms with Crippen LogP contribution in [-0.2, 0) is 14.6 Å². The number of aryl methyl sites for hydroxylation is 1. The number of ketones is 1. The third kappa shape index (κ3) is 3.75. The first kappa shape index (κ1) is 17.2. The molecule has 2 aromatic carbocycles. The zero-order valence-corrected chi connectivity index (χ0v) is 15.1. The van der Waals surface area contributed by atoms with Crippen LogP contribution in [0.5, 0.6) is 0 Å². The van der Waals surface area contributed by atoms with E-state index in [0.29, 0.717) is 15.8 Å². The number of fused-ring (bicyclic) bond motifs is 1. The average molecular weight is 374 g/mol. The Morgan fingerprint density at radius 3 is 2.40 bits per heavy atom. The number of amides is 1. The highest BCUT2D eigenvalue weighted by atomic mass is 32.2. The molecule has 0 aliphatic carbocycles. The van der Waals surface area contributed by atoms with Gasteiger partial charge in [0, 0.05) is 11.8 Å². The summed E-state index contributed by atoms with van der Waals surface area (Å²) in [6, 6.07) is 11.2. The standard InChI is InChI=1S/C17H14N2O4S2/c1-10-3-5-11(6-4-10)15(20)16(21)19-17-18-13-8-7-12(25(2,22)23)9-14(13)24-17/h3-9H,1-2H3,(H,18,19,21). The Morgan fingerprint density at radius 2 is 1.76 bits per heavy atom. The summed E-state index contributed by atoms with van der Waals surface area (Å²) >= 11 is 1.11. The molecule has 0 aliphatic heterocycles. The molecule has 6 nitrogen and oxygen atoms in total. The van der Waals surface area contributed by atoms with E-state index in [0.717, 1.165) is 23.2 Å². The van der Waals surface area contributed by atoms with E-state index in [4.69, 9.17) is 0 Å². The molecule has 25 heavy (non-hydrogen) atoms. The predicted octanol–water partition coefficient (Wildman–Crippen LogP) is 2.83. The summed E-state index contributed by atoms with van der Waals surface area (Å²) in [6.45, 7) is 1.89. The maximum Gasteiger partial charge on any atom is 0.298 e. The normalized spacial score (nSPS) is 11.4. The monoisotopic (exact) mass is 374 g/mol. The lowest BCUT2D eigenvalue weighted by atomic mass is 10.1. The summed E-state index contributed by atoms with van der Waals surface area (Å²) in [6.07, 6.45) is 1.12. The first-order chi connectivity index (χ1) is 11.7. The van der Waals surface area contributed by atoms with E-state index in [1.165, 1.54) is 12.1 Å². The first-order valence-electron chi connectivity index (χ1n) is 7.27. The Kier molecular flexibility index (Phi) is 4.40. The molecule has 0 saturated heterocycles. The Hall–Kier alpha value is -2.58. The van der Waals surface area contributed by atoms with Crippen LogP contribution in [0.3, 0.4) is 0 Å². The predicted molar refractivity (Wildman–Crippen MR) is 96.9 cm³/mol. The fourth-order valence-corrected chi connectivity index (χ4v) is 3.80. The Bertz CT molecular complexity index is 1080. The van der Waals surface area contributed by atoms with E-state index < -0.39 is 21.5 Å². The van der Waals surface area contributed by atoms with Crippen LogP contribution >= 0.6 is 11.3 Å². The summed E-state index contributed by atoms with van der Waals surface area (Å²) in [5.74, 6) is -1.44. The van der Waals surface area contributed by atoms with Gasteiger partial charge in [0.25, 0.3) is 11.7 Å². The molecule has 8 heteroatoms. The van der Waals surface area contributed by atoms with Gasteiger partial charge in [-0.15, -0.1) is 0 Å². The lowest BCUT2D eigenvalue weighted by Gasteiger charge is -2.01. The third-order valence-corrected chi connectivity index (χ3v) is 5.57. The Balaban J connectivity index is 1.83. The minimum Gasteiger partial charge on any atom is -0.295 e. The quantitative estimate of drug-likeness (QED) is 0.560. The molecule has 0 saturated carbocycles. The Labute approximate surface area is 148 Å².